The Labute approximate surface area is 199 Å². The lowest BCUT2D eigenvalue weighted by Gasteiger charge is -2.14. The fraction of sp³-hybridized carbons (Fsp3) is 0.286. The molecule has 176 valence electrons. The molecule has 0 radical (unpaired) electrons. The number of amides is 1. The van der Waals surface area contributed by atoms with Gasteiger partial charge in [0.1, 0.15) is 5.82 Å². The minimum Gasteiger partial charge on any atom is -0.387 e. The lowest BCUT2D eigenvalue weighted by molar-refractivity contribution is 0.0930. The lowest BCUT2D eigenvalue weighted by atomic mass is 9.94. The Bertz CT molecular complexity index is 1180. The molecule has 5 nitrogen and oxygen atoms in total. The zero-order chi connectivity index (χ0) is 24.1. The molecule has 0 spiro atoms. The van der Waals surface area contributed by atoms with Crippen LogP contribution in [0.25, 0.3) is 11.1 Å². The van der Waals surface area contributed by atoms with Crippen molar-refractivity contribution in [3.8, 4) is 11.1 Å². The molecule has 2 aromatic rings. The molecule has 2 aromatic carbocycles. The molecule has 1 amide bonds. The second-order valence-electron chi connectivity index (χ2n) is 8.68. The van der Waals surface area contributed by atoms with E-state index < -0.39 is 0 Å². The zero-order valence-corrected chi connectivity index (χ0v) is 19.5. The molecule has 2 aliphatic rings. The molecular formula is C28H29FN2O3. The SMILES string of the molecule is C=C/C=C\C=C(/C)C1CC(c2cc(C(=O)NC3CCOC3)cc(-c3ccc(C)cc3F)c2)=NO1. The van der Waals surface area contributed by atoms with Crippen LogP contribution in [0.1, 0.15) is 41.3 Å². The number of ether oxygens (including phenoxy) is 1. The Morgan fingerprint density at radius 2 is 2.03 bits per heavy atom. The fourth-order valence-corrected chi connectivity index (χ4v) is 4.04. The molecule has 1 fully saturated rings. The summed E-state index contributed by atoms with van der Waals surface area (Å²) in [5.74, 6) is -0.546. The predicted octanol–water partition coefficient (Wildman–Crippen LogP) is 5.50. The lowest BCUT2D eigenvalue weighted by Crippen LogP contribution is -2.35. The van der Waals surface area contributed by atoms with E-state index in [1.165, 1.54) is 6.07 Å². The van der Waals surface area contributed by atoms with Gasteiger partial charge in [-0.2, -0.15) is 0 Å². The molecular weight excluding hydrogens is 431 g/mol. The monoisotopic (exact) mass is 460 g/mol. The van der Waals surface area contributed by atoms with Crippen molar-refractivity contribution in [2.45, 2.75) is 38.8 Å². The summed E-state index contributed by atoms with van der Waals surface area (Å²) in [4.78, 5) is 18.7. The maximum atomic E-state index is 14.8. The van der Waals surface area contributed by atoms with Crippen molar-refractivity contribution in [2.24, 2.45) is 5.16 Å². The first-order valence-electron chi connectivity index (χ1n) is 11.4. The smallest absolute Gasteiger partial charge is 0.251 e. The Balaban J connectivity index is 1.66. The van der Waals surface area contributed by atoms with Gasteiger partial charge in [-0.05, 0) is 61.2 Å². The third-order valence-corrected chi connectivity index (χ3v) is 6.01. The molecule has 0 saturated carbocycles. The number of allylic oxidation sites excluding steroid dienone is 4. The number of nitrogens with one attached hydrogen (secondary N) is 1. The minimum atomic E-state index is -0.331. The number of carbonyl (C=O) groups is 1. The van der Waals surface area contributed by atoms with Crippen LogP contribution in [0.15, 0.2) is 78.0 Å². The fourth-order valence-electron chi connectivity index (χ4n) is 4.04. The first-order valence-corrected chi connectivity index (χ1v) is 11.4. The number of oxime groups is 1. The third-order valence-electron chi connectivity index (χ3n) is 6.01. The summed E-state index contributed by atoms with van der Waals surface area (Å²) < 4.78 is 20.2. The number of rotatable bonds is 7. The van der Waals surface area contributed by atoms with Gasteiger partial charge in [-0.1, -0.05) is 48.2 Å². The molecule has 0 aliphatic carbocycles. The van der Waals surface area contributed by atoms with Gasteiger partial charge in [0.15, 0.2) is 6.10 Å². The largest absolute Gasteiger partial charge is 0.387 e. The van der Waals surface area contributed by atoms with E-state index in [0.29, 0.717) is 36.3 Å². The molecule has 2 unspecified atom stereocenters. The standard InChI is InChI=1S/C28H29FN2O3/c1-4-5-6-7-19(3)27-16-26(31-34-27)21-13-20(24-9-8-18(2)12-25(24)29)14-22(15-21)28(32)30-23-10-11-33-17-23/h4-9,12-15,23,27H,1,10-11,16-17H2,2-3H3,(H,30,32)/b6-5-,19-7+. The normalized spacial score (nSPS) is 20.3. The maximum Gasteiger partial charge on any atom is 0.251 e. The van der Waals surface area contributed by atoms with Crippen LogP contribution < -0.4 is 5.32 Å². The van der Waals surface area contributed by atoms with Crippen LogP contribution in [-0.4, -0.2) is 37.0 Å². The zero-order valence-electron chi connectivity index (χ0n) is 19.5. The van der Waals surface area contributed by atoms with E-state index >= 15 is 0 Å². The number of halogens is 1. The van der Waals surface area contributed by atoms with Crippen molar-refractivity contribution in [3.63, 3.8) is 0 Å². The highest BCUT2D eigenvalue weighted by atomic mass is 19.1. The third kappa shape index (κ3) is 5.51. The highest BCUT2D eigenvalue weighted by molar-refractivity contribution is 6.05. The molecule has 0 aromatic heterocycles. The Kier molecular flexibility index (Phi) is 7.38. The van der Waals surface area contributed by atoms with Crippen LogP contribution in [0, 0.1) is 12.7 Å². The van der Waals surface area contributed by atoms with Gasteiger partial charge in [-0.25, -0.2) is 4.39 Å². The van der Waals surface area contributed by atoms with Crippen molar-refractivity contribution < 1.29 is 18.8 Å². The average molecular weight is 461 g/mol. The van der Waals surface area contributed by atoms with E-state index in [4.69, 9.17) is 9.57 Å². The number of aryl methyl sites for hydroxylation is 1. The van der Waals surface area contributed by atoms with E-state index in [2.05, 4.69) is 17.1 Å². The Hall–Kier alpha value is -3.51. The summed E-state index contributed by atoms with van der Waals surface area (Å²) in [5.41, 5.74) is 4.83. The summed E-state index contributed by atoms with van der Waals surface area (Å²) in [6.45, 7) is 8.63. The van der Waals surface area contributed by atoms with Gasteiger partial charge in [0.25, 0.3) is 5.91 Å². The van der Waals surface area contributed by atoms with E-state index in [9.17, 15) is 9.18 Å². The number of carbonyl (C=O) groups excluding carboxylic acids is 1. The van der Waals surface area contributed by atoms with E-state index in [0.717, 1.165) is 28.8 Å². The summed E-state index contributed by atoms with van der Waals surface area (Å²) in [7, 11) is 0. The van der Waals surface area contributed by atoms with Crippen molar-refractivity contribution in [1.29, 1.82) is 0 Å². The molecule has 1 saturated heterocycles. The van der Waals surface area contributed by atoms with Crippen molar-refractivity contribution in [2.75, 3.05) is 13.2 Å². The van der Waals surface area contributed by atoms with Gasteiger partial charge in [0.05, 0.1) is 18.4 Å². The van der Waals surface area contributed by atoms with E-state index in [-0.39, 0.29) is 23.9 Å². The quantitative estimate of drug-likeness (QED) is 0.555. The highest BCUT2D eigenvalue weighted by Gasteiger charge is 2.26. The summed E-state index contributed by atoms with van der Waals surface area (Å²) in [6.07, 6.45) is 8.56. The second-order valence-corrected chi connectivity index (χ2v) is 8.68. The van der Waals surface area contributed by atoms with Crippen molar-refractivity contribution in [3.05, 3.63) is 95.4 Å². The summed E-state index contributed by atoms with van der Waals surface area (Å²) >= 11 is 0. The Morgan fingerprint density at radius 1 is 1.21 bits per heavy atom. The van der Waals surface area contributed by atoms with Gasteiger partial charge in [0.2, 0.25) is 0 Å². The predicted molar refractivity (Wildman–Crippen MR) is 132 cm³/mol. The molecule has 2 aliphatic heterocycles. The first-order chi connectivity index (χ1) is 16.4. The number of hydrogen-bond donors (Lipinski definition) is 1. The average Bonchev–Trinajstić information content (AvgIpc) is 3.51. The van der Waals surface area contributed by atoms with Crippen molar-refractivity contribution in [1.82, 2.24) is 5.32 Å². The van der Waals surface area contributed by atoms with Gasteiger partial charge >= 0.3 is 0 Å². The molecule has 1 N–H and O–H groups in total. The topological polar surface area (TPSA) is 59.9 Å². The molecule has 4 rings (SSSR count). The highest BCUT2D eigenvalue weighted by Crippen LogP contribution is 2.29. The molecule has 2 atom stereocenters. The Morgan fingerprint density at radius 3 is 2.76 bits per heavy atom. The minimum absolute atomic E-state index is 0.0244. The number of benzene rings is 2. The van der Waals surface area contributed by atoms with Gasteiger partial charge < -0.3 is 14.9 Å². The molecule has 34 heavy (non-hydrogen) atoms. The van der Waals surface area contributed by atoms with Crippen LogP contribution in [0.4, 0.5) is 4.39 Å². The summed E-state index contributed by atoms with van der Waals surface area (Å²) in [5, 5.41) is 7.32. The van der Waals surface area contributed by atoms with Crippen LogP contribution in [-0.2, 0) is 9.57 Å². The van der Waals surface area contributed by atoms with Crippen LogP contribution in [0.2, 0.25) is 0 Å². The van der Waals surface area contributed by atoms with Crippen LogP contribution in [0.5, 0.6) is 0 Å². The first kappa shape index (κ1) is 23.6. The van der Waals surface area contributed by atoms with E-state index in [1.54, 1.807) is 24.3 Å². The molecule has 2 heterocycles. The molecule has 6 heteroatoms. The van der Waals surface area contributed by atoms with Gasteiger partial charge in [-0.15, -0.1) is 0 Å². The van der Waals surface area contributed by atoms with Gasteiger partial charge in [-0.3, -0.25) is 4.79 Å². The van der Waals surface area contributed by atoms with E-state index in [1.807, 2.05) is 44.2 Å². The van der Waals surface area contributed by atoms with Crippen LogP contribution in [0.3, 0.4) is 0 Å². The second kappa shape index (κ2) is 10.6. The summed E-state index contributed by atoms with van der Waals surface area (Å²) in [6, 6.07) is 10.5. The van der Waals surface area contributed by atoms with Gasteiger partial charge in [0, 0.05) is 29.7 Å². The van der Waals surface area contributed by atoms with Crippen LogP contribution >= 0.6 is 0 Å². The molecule has 0 bridgehead atoms. The maximum absolute atomic E-state index is 14.8. The number of nitrogens with zero attached hydrogens (tertiary/aromatic N) is 1. The number of hydrogen-bond acceptors (Lipinski definition) is 4. The van der Waals surface area contributed by atoms with Crippen molar-refractivity contribution >= 4 is 11.6 Å².